The molecule has 238 valence electrons. The fourth-order valence-electron chi connectivity index (χ4n) is 4.67. The Hall–Kier alpha value is -4.71. The van der Waals surface area contributed by atoms with Crippen molar-refractivity contribution in [1.82, 2.24) is 25.8 Å². The second-order valence-electron chi connectivity index (χ2n) is 10.3. The van der Waals surface area contributed by atoms with Gasteiger partial charge in [0.1, 0.15) is 11.7 Å². The summed E-state index contributed by atoms with van der Waals surface area (Å²) in [6.45, 7) is 2.55. The molecule has 0 saturated heterocycles. The number of ether oxygens (including phenoxy) is 2. The summed E-state index contributed by atoms with van der Waals surface area (Å²) in [4.78, 5) is 57.4. The first kappa shape index (κ1) is 33.2. The van der Waals surface area contributed by atoms with Gasteiger partial charge in [0.2, 0.25) is 11.8 Å². The van der Waals surface area contributed by atoms with Gasteiger partial charge >= 0.3 is 0 Å². The first-order chi connectivity index (χ1) is 21.7. The summed E-state index contributed by atoms with van der Waals surface area (Å²) < 4.78 is 26.1. The van der Waals surface area contributed by atoms with E-state index in [0.29, 0.717) is 35.6 Å². The third kappa shape index (κ3) is 9.15. The molecule has 0 radical (unpaired) electrons. The molecule has 1 aromatic heterocycles. The largest absolute Gasteiger partial charge is 0.493 e. The lowest BCUT2D eigenvalue weighted by atomic mass is 10.1. The maximum Gasteiger partial charge on any atom is 0.272 e. The molecule has 3 heterocycles. The van der Waals surface area contributed by atoms with E-state index in [-0.39, 0.29) is 67.2 Å². The van der Waals surface area contributed by atoms with Gasteiger partial charge in [0, 0.05) is 44.4 Å². The van der Waals surface area contributed by atoms with Gasteiger partial charge in [-0.3, -0.25) is 19.2 Å². The summed E-state index contributed by atoms with van der Waals surface area (Å²) in [7, 11) is 1.43. The van der Waals surface area contributed by atoms with Crippen molar-refractivity contribution < 1.29 is 33.0 Å². The Balaban J connectivity index is 1.56. The Bertz CT molecular complexity index is 1540. The number of aromatic nitrogens is 1. The molecule has 3 N–H and O–H groups in total. The van der Waals surface area contributed by atoms with Gasteiger partial charge in [-0.05, 0) is 67.3 Å². The Kier molecular flexibility index (Phi) is 11.7. The van der Waals surface area contributed by atoms with Crippen LogP contribution in [0.15, 0.2) is 54.7 Å². The highest BCUT2D eigenvalue weighted by Gasteiger charge is 2.21. The van der Waals surface area contributed by atoms with Gasteiger partial charge < -0.3 is 30.3 Å². The van der Waals surface area contributed by atoms with E-state index in [2.05, 4.69) is 20.9 Å². The van der Waals surface area contributed by atoms with E-state index in [4.69, 9.17) is 21.1 Å². The van der Waals surface area contributed by atoms with Crippen LogP contribution in [0.4, 0.5) is 4.39 Å². The van der Waals surface area contributed by atoms with Gasteiger partial charge in [0.05, 0.1) is 12.1 Å². The standard InChI is InChI=1S/C32H35ClFN5O6/c1-3-24-31(42)37-18-20-7-11-26(23(34)16-20)45-28-17-21(8-12-27(28)44-2)30(41)35-13-5-15-39(14-4-6-29(40)38-24)32(43)25-10-9-22(33)19-36-25/h7-12,16-17,19,24H,3-6,13-15,18H2,1-2H3,(H,35,41)(H,37,42)(H,38,40)/t24-/m0/s1. The number of benzene rings is 2. The number of hydrogen-bond donors (Lipinski definition) is 3. The minimum absolute atomic E-state index is 0.0250. The maximum atomic E-state index is 15.0. The third-order valence-corrected chi connectivity index (χ3v) is 7.35. The normalized spacial score (nSPS) is 17.0. The molecule has 0 spiro atoms. The molecular formula is C32H35ClFN5O6. The van der Waals surface area contributed by atoms with Crippen LogP contribution in [0.3, 0.4) is 0 Å². The van der Waals surface area contributed by atoms with Gasteiger partial charge in [-0.1, -0.05) is 24.6 Å². The van der Waals surface area contributed by atoms with Crippen LogP contribution in [-0.2, 0) is 16.1 Å². The quantitative estimate of drug-likeness (QED) is 0.390. The Labute approximate surface area is 265 Å². The van der Waals surface area contributed by atoms with Gasteiger partial charge in [-0.25, -0.2) is 9.37 Å². The van der Waals surface area contributed by atoms with Gasteiger partial charge in [-0.2, -0.15) is 0 Å². The highest BCUT2D eigenvalue weighted by atomic mass is 35.5. The van der Waals surface area contributed by atoms with Crippen LogP contribution in [-0.4, -0.2) is 66.3 Å². The summed E-state index contributed by atoms with van der Waals surface area (Å²) in [5.41, 5.74) is 0.940. The van der Waals surface area contributed by atoms with Gasteiger partial charge in [0.15, 0.2) is 23.1 Å². The van der Waals surface area contributed by atoms with Crippen molar-refractivity contribution in [3.63, 3.8) is 0 Å². The van der Waals surface area contributed by atoms with E-state index in [1.807, 2.05) is 0 Å². The topological polar surface area (TPSA) is 139 Å². The zero-order chi connectivity index (χ0) is 32.3. The molecule has 3 aromatic rings. The van der Waals surface area contributed by atoms with Gasteiger partial charge in [-0.15, -0.1) is 0 Å². The lowest BCUT2D eigenvalue weighted by molar-refractivity contribution is -0.129. The van der Waals surface area contributed by atoms with E-state index in [1.165, 1.54) is 37.6 Å². The SMILES string of the molecule is CC[C@@H]1NC(=O)CCCN(C(=O)c2ccc(Cl)cn2)CCCNC(=O)c2ccc(OC)c(c2)Oc2ccc(cc2F)CNC1=O. The molecule has 2 aliphatic heterocycles. The smallest absolute Gasteiger partial charge is 0.272 e. The fourth-order valence-corrected chi connectivity index (χ4v) is 4.78. The molecule has 0 fully saturated rings. The highest BCUT2D eigenvalue weighted by molar-refractivity contribution is 6.30. The maximum absolute atomic E-state index is 15.0. The minimum atomic E-state index is -0.786. The van der Waals surface area contributed by atoms with Crippen LogP contribution in [0.1, 0.15) is 59.0 Å². The molecule has 4 amide bonds. The molecule has 2 aromatic carbocycles. The number of nitrogens with one attached hydrogen (secondary N) is 3. The van der Waals surface area contributed by atoms with Crippen molar-refractivity contribution in [3.8, 4) is 17.2 Å². The number of carbonyl (C=O) groups is 4. The van der Waals surface area contributed by atoms with E-state index in [0.717, 1.165) is 0 Å². The molecular weight excluding hydrogens is 605 g/mol. The zero-order valence-corrected chi connectivity index (χ0v) is 25.8. The first-order valence-corrected chi connectivity index (χ1v) is 15.0. The van der Waals surface area contributed by atoms with Crippen LogP contribution >= 0.6 is 11.6 Å². The average molecular weight is 640 g/mol. The molecule has 45 heavy (non-hydrogen) atoms. The van der Waals surface area contributed by atoms with E-state index in [1.54, 1.807) is 36.1 Å². The zero-order valence-electron chi connectivity index (χ0n) is 25.0. The molecule has 11 nitrogen and oxygen atoms in total. The number of methoxy groups -OCH3 is 1. The molecule has 13 heteroatoms. The molecule has 0 unspecified atom stereocenters. The number of amides is 4. The summed E-state index contributed by atoms with van der Waals surface area (Å²) in [6, 6.07) is 11.1. The molecule has 0 aliphatic carbocycles. The van der Waals surface area contributed by atoms with Crippen LogP contribution in [0.5, 0.6) is 17.2 Å². The fraction of sp³-hybridized carbons (Fsp3) is 0.344. The van der Waals surface area contributed by atoms with Crippen molar-refractivity contribution in [3.05, 3.63) is 82.4 Å². The minimum Gasteiger partial charge on any atom is -0.493 e. The summed E-state index contributed by atoms with van der Waals surface area (Å²) in [5, 5.41) is 8.68. The number of fused-ring (bicyclic) bond motifs is 16. The van der Waals surface area contributed by atoms with Crippen molar-refractivity contribution in [1.29, 1.82) is 0 Å². The summed E-state index contributed by atoms with van der Waals surface area (Å²) in [5.74, 6) is -1.83. The van der Waals surface area contributed by atoms with Gasteiger partial charge in [0.25, 0.3) is 11.8 Å². The summed E-state index contributed by atoms with van der Waals surface area (Å²) in [6.07, 6.45) is 2.54. The monoisotopic (exact) mass is 639 g/mol. The van der Waals surface area contributed by atoms with Crippen molar-refractivity contribution in [2.24, 2.45) is 0 Å². The Morgan fingerprint density at radius 1 is 1.07 bits per heavy atom. The number of pyridine rings is 1. The van der Waals surface area contributed by atoms with Crippen molar-refractivity contribution >= 4 is 35.2 Å². The molecule has 1 atom stereocenters. The van der Waals surface area contributed by atoms with Crippen molar-refractivity contribution in [2.45, 2.75) is 45.2 Å². The number of hydrogen-bond acceptors (Lipinski definition) is 7. The lowest BCUT2D eigenvalue weighted by Crippen LogP contribution is -2.46. The second-order valence-corrected chi connectivity index (χ2v) is 10.8. The predicted octanol–water partition coefficient (Wildman–Crippen LogP) is 4.24. The average Bonchev–Trinajstić information content (AvgIpc) is 3.04. The molecule has 0 saturated carbocycles. The molecule has 4 bridgehead atoms. The van der Waals surface area contributed by atoms with E-state index < -0.39 is 23.7 Å². The first-order valence-electron chi connectivity index (χ1n) is 14.6. The molecule has 5 rings (SSSR count). The predicted molar refractivity (Wildman–Crippen MR) is 165 cm³/mol. The number of halogens is 2. The van der Waals surface area contributed by atoms with Crippen LogP contribution in [0.25, 0.3) is 0 Å². The Morgan fingerprint density at radius 2 is 1.87 bits per heavy atom. The number of carbonyl (C=O) groups excluding carboxylic acids is 4. The van der Waals surface area contributed by atoms with Crippen LogP contribution < -0.4 is 25.4 Å². The van der Waals surface area contributed by atoms with Crippen LogP contribution in [0.2, 0.25) is 5.02 Å². The second kappa shape index (κ2) is 15.8. The lowest BCUT2D eigenvalue weighted by Gasteiger charge is -2.23. The third-order valence-electron chi connectivity index (χ3n) is 7.12. The summed E-state index contributed by atoms with van der Waals surface area (Å²) >= 11 is 5.93. The van der Waals surface area contributed by atoms with Crippen molar-refractivity contribution in [2.75, 3.05) is 26.7 Å². The molecule has 2 aliphatic rings. The van der Waals surface area contributed by atoms with Crippen LogP contribution in [0, 0.1) is 5.82 Å². The highest BCUT2D eigenvalue weighted by Crippen LogP contribution is 2.34. The van der Waals surface area contributed by atoms with E-state index in [9.17, 15) is 19.2 Å². The van der Waals surface area contributed by atoms with E-state index >= 15 is 4.39 Å². The number of rotatable bonds is 3. The number of nitrogens with zero attached hydrogens (tertiary/aromatic N) is 2. The Morgan fingerprint density at radius 3 is 2.58 bits per heavy atom.